The van der Waals surface area contributed by atoms with Crippen molar-refractivity contribution in [2.75, 3.05) is 24.9 Å². The van der Waals surface area contributed by atoms with Crippen LogP contribution in [0.25, 0.3) is 56.4 Å². The molecule has 108 heavy (non-hydrogen) atoms. The van der Waals surface area contributed by atoms with Gasteiger partial charge in [-0.1, -0.05) is 41.9 Å². The number of carbonyl (C=O) groups excluding carboxylic acids is 4. The Balaban J connectivity index is 0.000000177. The summed E-state index contributed by atoms with van der Waals surface area (Å²) in [5.74, 6) is 0.234. The van der Waals surface area contributed by atoms with Crippen molar-refractivity contribution in [3.05, 3.63) is 234 Å². The number of methoxy groups -OCH3 is 2. The molecule has 558 valence electrons. The number of anilines is 2. The molecule has 0 aliphatic heterocycles. The van der Waals surface area contributed by atoms with Crippen LogP contribution in [0, 0.1) is 27.7 Å². The Morgan fingerprint density at radius 1 is 0.454 bits per heavy atom. The topological polar surface area (TPSA) is 327 Å². The Morgan fingerprint density at radius 3 is 1.16 bits per heavy atom. The van der Waals surface area contributed by atoms with Crippen LogP contribution in [-0.4, -0.2) is 147 Å². The summed E-state index contributed by atoms with van der Waals surface area (Å²) < 4.78 is 18.8. The van der Waals surface area contributed by atoms with E-state index in [0.29, 0.717) is 56.8 Å². The van der Waals surface area contributed by atoms with Crippen molar-refractivity contribution in [2.24, 2.45) is 0 Å². The van der Waals surface area contributed by atoms with E-state index in [2.05, 4.69) is 140 Å². The van der Waals surface area contributed by atoms with Crippen LogP contribution >= 0.6 is 11.6 Å². The van der Waals surface area contributed by atoms with Gasteiger partial charge in [-0.15, -0.1) is 10.2 Å². The van der Waals surface area contributed by atoms with Gasteiger partial charge in [0.25, 0.3) is 11.8 Å². The molecule has 0 saturated heterocycles. The molecule has 0 fully saturated rings. The number of amides is 2. The number of esters is 2. The van der Waals surface area contributed by atoms with Gasteiger partial charge in [0, 0.05) is 83.7 Å². The Labute approximate surface area is 638 Å². The number of ether oxygens (including phenoxy) is 2. The fraction of sp³-hybridized carbons (Fsp3) is 0.300. The number of rotatable bonds is 23. The molecule has 26 nitrogen and oxygen atoms in total. The maximum Gasteiger partial charge on any atom is 0.356 e. The van der Waals surface area contributed by atoms with Crippen LogP contribution in [0.5, 0.6) is 0 Å². The van der Waals surface area contributed by atoms with Crippen molar-refractivity contribution in [1.82, 2.24) is 90.3 Å². The first-order valence-electron chi connectivity index (χ1n) is 35.6. The van der Waals surface area contributed by atoms with Gasteiger partial charge in [0.05, 0.1) is 26.3 Å². The van der Waals surface area contributed by atoms with E-state index in [4.69, 9.17) is 11.6 Å². The van der Waals surface area contributed by atoms with Gasteiger partial charge in [-0.05, 0) is 182 Å². The summed E-state index contributed by atoms with van der Waals surface area (Å²) in [4.78, 5) is 90.2. The maximum absolute atomic E-state index is 12.8. The van der Waals surface area contributed by atoms with E-state index in [1.165, 1.54) is 78.3 Å². The van der Waals surface area contributed by atoms with Crippen LogP contribution in [0.1, 0.15) is 163 Å². The van der Waals surface area contributed by atoms with Gasteiger partial charge in [-0.25, -0.2) is 38.9 Å². The number of aromatic nitrogens is 18. The number of nitrogens with zero attached hydrogens (tertiary/aromatic N) is 18. The van der Waals surface area contributed by atoms with E-state index in [1.807, 2.05) is 98.0 Å². The van der Waals surface area contributed by atoms with Gasteiger partial charge in [0.2, 0.25) is 11.6 Å². The second kappa shape index (κ2) is 41.5. The zero-order chi connectivity index (χ0) is 77.5. The Bertz CT molecular complexity index is 4670. The third kappa shape index (κ3) is 23.1. The molecule has 2 N–H and O–H groups in total. The number of hydrogen-bond acceptors (Lipinski definition) is 22. The molecule has 0 saturated carbocycles. The average Bonchev–Trinajstić information content (AvgIpc) is 1.64. The zero-order valence-electron chi connectivity index (χ0n) is 63.2. The summed E-state index contributed by atoms with van der Waals surface area (Å²) in [5.41, 5.74) is 11.5. The molecule has 0 radical (unpaired) electrons. The van der Waals surface area contributed by atoms with Crippen molar-refractivity contribution >= 4 is 68.9 Å². The fourth-order valence-electron chi connectivity index (χ4n) is 11.3. The van der Waals surface area contributed by atoms with Crippen LogP contribution in [0.2, 0.25) is 18.3 Å². The Kier molecular flexibility index (Phi) is 31.6. The van der Waals surface area contributed by atoms with Gasteiger partial charge in [-0.2, -0.15) is 0 Å². The van der Waals surface area contributed by atoms with E-state index in [-0.39, 0.29) is 29.6 Å². The molecule has 12 rings (SSSR count). The number of carbonyl (C=O) groups is 4. The van der Waals surface area contributed by atoms with Crippen molar-refractivity contribution in [2.45, 2.75) is 140 Å². The normalized spacial score (nSPS) is 10.8. The summed E-state index contributed by atoms with van der Waals surface area (Å²) in [6.45, 7) is 22.6. The van der Waals surface area contributed by atoms with Crippen molar-refractivity contribution in [1.29, 1.82) is 0 Å². The molecule has 0 aliphatic rings. The first kappa shape index (κ1) is 82.3. The van der Waals surface area contributed by atoms with Gasteiger partial charge >= 0.3 is 136 Å². The molecular weight excluding hydrogens is 1490 g/mol. The number of pyridine rings is 10. The quantitative estimate of drug-likeness (QED) is 0.0444. The summed E-state index contributed by atoms with van der Waals surface area (Å²) in [6, 6.07) is 33.4. The SMILES string of the molecule is CCC[CH2][Sn]([CH2]CCC)([CH2]CCC)[c]1cccnc1.COC(=O)c1cc(-c2cccnc2)c(C)cn1.COC(=O)c1cc(Cl)c(C)cn1.Cc1cnc(C(=O)Nc2cccc(-c3nnnn3C(C)C)n2)cc1-c1cccnc1.Cc1cnc(C(=O)Nc2cccc(-c3nnnn3C(C)C)n2)cc1-c1cccnc1. The van der Waals surface area contributed by atoms with Gasteiger partial charge < -0.3 is 20.1 Å². The Hall–Kier alpha value is -11.4. The number of unbranched alkanes of at least 4 members (excludes halogenated alkanes) is 3. The molecule has 2 amide bonds. The van der Waals surface area contributed by atoms with Crippen molar-refractivity contribution in [3.63, 3.8) is 0 Å². The molecule has 28 heteroatoms. The molecule has 0 bridgehead atoms. The van der Waals surface area contributed by atoms with Crippen LogP contribution in [0.3, 0.4) is 0 Å². The zero-order valence-corrected chi connectivity index (χ0v) is 66.8. The maximum atomic E-state index is 12.8. The first-order chi connectivity index (χ1) is 52.2. The fourth-order valence-corrected chi connectivity index (χ4v) is 27.2. The predicted octanol–water partition coefficient (Wildman–Crippen LogP) is 15.9. The Morgan fingerprint density at radius 2 is 0.815 bits per heavy atom. The molecular formula is C80H91ClN20O6Sn. The smallest absolute Gasteiger partial charge is 0.356 e. The van der Waals surface area contributed by atoms with Crippen LogP contribution < -0.4 is 14.2 Å². The average molecular weight is 1580 g/mol. The number of aryl methyl sites for hydroxylation is 4. The monoisotopic (exact) mass is 1580 g/mol. The third-order valence-electron chi connectivity index (χ3n) is 17.2. The number of halogens is 1. The van der Waals surface area contributed by atoms with Gasteiger partial charge in [0.15, 0.2) is 0 Å². The molecule has 0 unspecified atom stereocenters. The molecule has 12 aromatic heterocycles. The third-order valence-corrected chi connectivity index (χ3v) is 33.2. The predicted molar refractivity (Wildman–Crippen MR) is 421 cm³/mol. The van der Waals surface area contributed by atoms with E-state index < -0.39 is 30.3 Å². The van der Waals surface area contributed by atoms with E-state index in [1.54, 1.807) is 123 Å². The minimum Gasteiger partial charge on any atom is -0.464 e. The van der Waals surface area contributed by atoms with Crippen molar-refractivity contribution < 1.29 is 28.7 Å². The van der Waals surface area contributed by atoms with Crippen molar-refractivity contribution in [3.8, 4) is 56.4 Å². The number of tetrazole rings is 2. The standard InChI is InChI=1S/2C21H20N8O.C13H12N2O2.C8H8ClNO2.C5H4N.3C4H9.Sn/c2*1-13(2)29-20(26-27-28-29)17-7-4-8-19(24-17)25-21(30)18-10-16(14(3)11-23-18)15-6-5-9-22-12-15;1-9-7-15-12(13(16)17-2)6-11(9)10-4-3-5-14-8-10;1-5-4-10-7(3-6(5)9)8(11)12-2;1-2-4-6-5-3-1;3*1-3-4-2;/h2*4-13H,1-3H3,(H,24,25,30);3-8H,1-2H3;3-4H,1-2H3;1-2,4-5H;3*1,3-4H2,2H3;. The van der Waals surface area contributed by atoms with Crippen LogP contribution in [0.4, 0.5) is 11.6 Å². The summed E-state index contributed by atoms with van der Waals surface area (Å²) in [6.07, 6.45) is 29.4. The summed E-state index contributed by atoms with van der Waals surface area (Å²) in [5, 5.41) is 29.7. The largest absolute Gasteiger partial charge is 0.464 e. The molecule has 0 aromatic carbocycles. The van der Waals surface area contributed by atoms with E-state index in [0.717, 1.165) is 55.6 Å². The van der Waals surface area contributed by atoms with E-state index in [9.17, 15) is 19.2 Å². The van der Waals surface area contributed by atoms with Crippen LogP contribution in [-0.2, 0) is 9.47 Å². The van der Waals surface area contributed by atoms with Gasteiger partial charge in [-0.3, -0.25) is 34.5 Å². The molecule has 12 heterocycles. The molecule has 0 aliphatic carbocycles. The minimum atomic E-state index is -2.16. The second-order valence-corrected chi connectivity index (χ2v) is 39.5. The number of hydrogen-bond donors (Lipinski definition) is 2. The molecule has 12 aromatic rings. The van der Waals surface area contributed by atoms with Crippen LogP contribution in [0.15, 0.2) is 184 Å². The summed E-state index contributed by atoms with van der Waals surface area (Å²) >= 11 is 3.61. The summed E-state index contributed by atoms with van der Waals surface area (Å²) in [7, 11) is 2.64. The molecule has 0 atom stereocenters. The minimum absolute atomic E-state index is 0.0812. The first-order valence-corrected chi connectivity index (χ1v) is 43.5. The van der Waals surface area contributed by atoms with Gasteiger partial charge in [0.1, 0.15) is 45.8 Å². The van der Waals surface area contributed by atoms with E-state index >= 15 is 0 Å². The molecule has 0 spiro atoms. The number of nitrogens with one attached hydrogen (secondary N) is 2. The second-order valence-electron chi connectivity index (χ2n) is 25.8.